The molecule has 1 heterocycles. The number of carboxylic acid groups (broad SMARTS) is 1. The normalized spacial score (nSPS) is 30.5. The minimum Gasteiger partial charge on any atom is -0.481 e. The third-order valence-electron chi connectivity index (χ3n) is 3.51. The van der Waals surface area contributed by atoms with E-state index < -0.39 is 36.8 Å². The first-order valence-electron chi connectivity index (χ1n) is 7.73. The molecule has 22 heavy (non-hydrogen) atoms. The molecular weight excluding hydrogens is 288 g/mol. The van der Waals surface area contributed by atoms with Gasteiger partial charge in [0, 0.05) is 14.9 Å². The Morgan fingerprint density at radius 2 is 2.18 bits per heavy atom. The fourth-order valence-corrected chi connectivity index (χ4v) is 2.53. The van der Waals surface area contributed by atoms with Crippen molar-refractivity contribution in [1.82, 2.24) is 0 Å². The Morgan fingerprint density at radius 3 is 2.82 bits per heavy atom. The van der Waals surface area contributed by atoms with E-state index in [9.17, 15) is 9.90 Å². The quantitative estimate of drug-likeness (QED) is 0.787. The Kier molecular flexibility index (Phi) is 5.78. The number of aliphatic hydroxyl groups excluding tert-OH is 1. The van der Waals surface area contributed by atoms with Crippen molar-refractivity contribution < 1.29 is 30.6 Å². The highest BCUT2D eigenvalue weighted by atomic mass is 16.6. The molecule has 0 spiro atoms. The Balaban J connectivity index is 2.01. The summed E-state index contributed by atoms with van der Waals surface area (Å²) in [6, 6.07) is 9.52. The van der Waals surface area contributed by atoms with Crippen LogP contribution in [0.15, 0.2) is 30.3 Å². The summed E-state index contributed by atoms with van der Waals surface area (Å²) in [7, 11) is 1.49. The predicted molar refractivity (Wildman–Crippen MR) is 78.4 cm³/mol. The number of hydrogen-bond acceptors (Lipinski definition) is 5. The van der Waals surface area contributed by atoms with E-state index in [1.807, 2.05) is 30.3 Å². The molecule has 1 aromatic rings. The number of methoxy groups -OCH3 is 1. The van der Waals surface area contributed by atoms with Crippen molar-refractivity contribution in [2.24, 2.45) is 0 Å². The number of ether oxygens (including phenoxy) is 3. The number of carboxylic acids is 1. The largest absolute Gasteiger partial charge is 0.481 e. The number of hydrogen-bond donors (Lipinski definition) is 2. The van der Waals surface area contributed by atoms with Crippen molar-refractivity contribution >= 4 is 5.97 Å². The molecule has 0 bridgehead atoms. The first kappa shape index (κ1) is 15.4. The molecule has 2 N–H and O–H groups in total. The standard InChI is InChI=1S/C16H22O6/c1-20-10-14-16(21-9-11-5-3-2-4-6-11)13(17)7-12(22-14)8-15(18)19/h2-6,12-14,16-17H,7-10H2,1H3,(H,18,19)/t12?,13-,14-,16+/m1/s1/i8D/t8?,12?,13-,14-,16+. The fourth-order valence-electron chi connectivity index (χ4n) is 2.53. The average Bonchev–Trinajstić information content (AvgIpc) is 2.54. The molecule has 2 rings (SSSR count). The number of carbonyl (C=O) groups is 1. The van der Waals surface area contributed by atoms with Crippen molar-refractivity contribution in [3.05, 3.63) is 35.9 Å². The van der Waals surface area contributed by atoms with Crippen LogP contribution in [-0.2, 0) is 25.6 Å². The van der Waals surface area contributed by atoms with E-state index in [1.165, 1.54) is 7.11 Å². The maximum atomic E-state index is 11.0. The molecule has 122 valence electrons. The summed E-state index contributed by atoms with van der Waals surface area (Å²) < 4.78 is 24.1. The molecule has 0 aromatic heterocycles. The highest BCUT2D eigenvalue weighted by molar-refractivity contribution is 5.67. The molecule has 0 radical (unpaired) electrons. The second-order valence-electron chi connectivity index (χ2n) is 5.24. The van der Waals surface area contributed by atoms with Crippen molar-refractivity contribution in [2.75, 3.05) is 13.7 Å². The van der Waals surface area contributed by atoms with Gasteiger partial charge in [-0.3, -0.25) is 4.79 Å². The van der Waals surface area contributed by atoms with Gasteiger partial charge in [0.25, 0.3) is 0 Å². The fraction of sp³-hybridized carbons (Fsp3) is 0.562. The highest BCUT2D eigenvalue weighted by Crippen LogP contribution is 2.26. The lowest BCUT2D eigenvalue weighted by Gasteiger charge is -2.39. The second-order valence-corrected chi connectivity index (χ2v) is 5.24. The van der Waals surface area contributed by atoms with Gasteiger partial charge in [-0.25, -0.2) is 0 Å². The van der Waals surface area contributed by atoms with Crippen LogP contribution in [-0.4, -0.2) is 54.3 Å². The summed E-state index contributed by atoms with van der Waals surface area (Å²) in [5, 5.41) is 19.3. The average molecular weight is 311 g/mol. The summed E-state index contributed by atoms with van der Waals surface area (Å²) >= 11 is 0. The van der Waals surface area contributed by atoms with E-state index in [0.29, 0.717) is 6.61 Å². The molecule has 0 amide bonds. The molecule has 1 fully saturated rings. The maximum Gasteiger partial charge on any atom is 0.305 e. The van der Waals surface area contributed by atoms with Gasteiger partial charge in [0.15, 0.2) is 0 Å². The molecule has 1 aliphatic heterocycles. The van der Waals surface area contributed by atoms with Crippen LogP contribution in [0.3, 0.4) is 0 Å². The third kappa shape index (κ3) is 4.78. The van der Waals surface area contributed by atoms with Crippen molar-refractivity contribution in [2.45, 2.75) is 43.8 Å². The Labute approximate surface area is 131 Å². The van der Waals surface area contributed by atoms with Crippen LogP contribution < -0.4 is 0 Å². The van der Waals surface area contributed by atoms with Crippen LogP contribution in [0.25, 0.3) is 0 Å². The van der Waals surface area contributed by atoms with E-state index in [2.05, 4.69) is 0 Å². The lowest BCUT2D eigenvalue weighted by Crippen LogP contribution is -2.51. The van der Waals surface area contributed by atoms with Gasteiger partial charge in [-0.2, -0.15) is 0 Å². The molecule has 6 nitrogen and oxygen atoms in total. The molecule has 1 saturated heterocycles. The number of benzene rings is 1. The summed E-state index contributed by atoms with van der Waals surface area (Å²) in [5.41, 5.74) is 0.960. The van der Waals surface area contributed by atoms with Crippen molar-refractivity contribution in [1.29, 1.82) is 0 Å². The van der Waals surface area contributed by atoms with Gasteiger partial charge < -0.3 is 24.4 Å². The van der Waals surface area contributed by atoms with Crippen LogP contribution >= 0.6 is 0 Å². The van der Waals surface area contributed by atoms with Crippen LogP contribution in [0.1, 0.15) is 19.8 Å². The monoisotopic (exact) mass is 311 g/mol. The van der Waals surface area contributed by atoms with E-state index in [-0.39, 0.29) is 13.0 Å². The lowest BCUT2D eigenvalue weighted by molar-refractivity contribution is -0.206. The van der Waals surface area contributed by atoms with Gasteiger partial charge in [-0.05, 0) is 5.56 Å². The second kappa shape index (κ2) is 8.24. The lowest BCUT2D eigenvalue weighted by atomic mass is 9.96. The molecule has 1 aliphatic rings. The summed E-state index contributed by atoms with van der Waals surface area (Å²) in [6.07, 6.45) is -4.46. The zero-order valence-electron chi connectivity index (χ0n) is 13.4. The highest BCUT2D eigenvalue weighted by Gasteiger charge is 2.39. The van der Waals surface area contributed by atoms with E-state index >= 15 is 0 Å². The number of aliphatic hydroxyl groups is 1. The Hall–Kier alpha value is -1.47. The number of rotatable bonds is 7. The maximum absolute atomic E-state index is 11.0. The minimum absolute atomic E-state index is 0.0418. The van der Waals surface area contributed by atoms with Crippen molar-refractivity contribution in [3.8, 4) is 0 Å². The van der Waals surface area contributed by atoms with Crippen LogP contribution in [0.4, 0.5) is 0 Å². The first-order valence-corrected chi connectivity index (χ1v) is 7.16. The summed E-state index contributed by atoms with van der Waals surface area (Å²) in [5.74, 6) is -1.28. The molecule has 5 atom stereocenters. The molecule has 0 aliphatic carbocycles. The SMILES string of the molecule is [2H]C(C(=O)O)C1C[C@@H](O)[C@H](OCc2ccccc2)[C@@H](COC)O1. The molecule has 1 aromatic carbocycles. The number of aliphatic carboxylic acids is 1. The van der Waals surface area contributed by atoms with Gasteiger partial charge in [-0.1, -0.05) is 30.3 Å². The van der Waals surface area contributed by atoms with Crippen LogP contribution in [0, 0.1) is 0 Å². The van der Waals surface area contributed by atoms with Gasteiger partial charge in [-0.15, -0.1) is 0 Å². The minimum atomic E-state index is -1.45. The van der Waals surface area contributed by atoms with Crippen molar-refractivity contribution in [3.63, 3.8) is 0 Å². The summed E-state index contributed by atoms with van der Waals surface area (Å²) in [6.45, 7) is 0.458. The van der Waals surface area contributed by atoms with Crippen LogP contribution in [0.2, 0.25) is 0 Å². The zero-order chi connectivity index (χ0) is 16.8. The molecule has 2 unspecified atom stereocenters. The Morgan fingerprint density at radius 1 is 1.45 bits per heavy atom. The van der Waals surface area contributed by atoms with E-state index in [0.717, 1.165) is 5.56 Å². The topological polar surface area (TPSA) is 85.2 Å². The smallest absolute Gasteiger partial charge is 0.305 e. The van der Waals surface area contributed by atoms with E-state index in [4.69, 9.17) is 20.7 Å². The first-order chi connectivity index (χ1) is 11.0. The molecule has 0 saturated carbocycles. The van der Waals surface area contributed by atoms with Crippen LogP contribution in [0.5, 0.6) is 0 Å². The molecule has 6 heteroatoms. The summed E-state index contributed by atoms with van der Waals surface area (Å²) in [4.78, 5) is 11.0. The zero-order valence-corrected chi connectivity index (χ0v) is 12.4. The van der Waals surface area contributed by atoms with Gasteiger partial charge in [0.1, 0.15) is 12.2 Å². The van der Waals surface area contributed by atoms with Gasteiger partial charge >= 0.3 is 5.97 Å². The predicted octanol–water partition coefficient (Wildman–Crippen LogP) is 1.21. The third-order valence-corrected chi connectivity index (χ3v) is 3.51. The van der Waals surface area contributed by atoms with Gasteiger partial charge in [0.05, 0.1) is 31.8 Å². The van der Waals surface area contributed by atoms with E-state index in [1.54, 1.807) is 0 Å². The molecular formula is C16H22O6. The Bertz CT molecular complexity index is 497. The van der Waals surface area contributed by atoms with Gasteiger partial charge in [0.2, 0.25) is 0 Å².